The van der Waals surface area contributed by atoms with Gasteiger partial charge in [0.1, 0.15) is 5.82 Å². The fraction of sp³-hybridized carbons (Fsp3) is 0.692. The maximum absolute atomic E-state index is 11.6. The van der Waals surface area contributed by atoms with Gasteiger partial charge in [-0.3, -0.25) is 4.90 Å². The monoisotopic (exact) mass is 298 g/mol. The number of aromatic nitrogens is 2. The number of sulfonamides is 1. The van der Waals surface area contributed by atoms with Gasteiger partial charge in [0.2, 0.25) is 10.0 Å². The number of hydrogen-bond acceptors (Lipinski definition) is 5. The smallest absolute Gasteiger partial charge is 0.211 e. The maximum atomic E-state index is 11.6. The first kappa shape index (κ1) is 15.3. The number of rotatable bonds is 5. The molecule has 0 aromatic carbocycles. The van der Waals surface area contributed by atoms with Gasteiger partial charge in [-0.05, 0) is 40.3 Å². The summed E-state index contributed by atoms with van der Waals surface area (Å²) in [6.07, 6.45) is 3.94. The maximum Gasteiger partial charge on any atom is 0.211 e. The second-order valence-electron chi connectivity index (χ2n) is 5.19. The predicted octanol–water partition coefficient (Wildman–Crippen LogP) is 0.991. The van der Waals surface area contributed by atoms with Crippen molar-refractivity contribution in [1.82, 2.24) is 19.6 Å². The first-order valence-electron chi connectivity index (χ1n) is 6.93. The summed E-state index contributed by atoms with van der Waals surface area (Å²) < 4.78 is 25.7. The molecule has 0 radical (unpaired) electrons. The first-order chi connectivity index (χ1) is 9.43. The molecular formula is C13H22N4O2S. The predicted molar refractivity (Wildman–Crippen MR) is 77.7 cm³/mol. The molecule has 7 heteroatoms. The molecule has 1 fully saturated rings. The molecule has 112 valence electrons. The minimum absolute atomic E-state index is 0.0817. The Hall–Kier alpha value is -1.05. The van der Waals surface area contributed by atoms with E-state index in [0.29, 0.717) is 0 Å². The number of likely N-dealkylation sites (tertiary alicyclic amines) is 1. The van der Waals surface area contributed by atoms with E-state index in [2.05, 4.69) is 26.6 Å². The van der Waals surface area contributed by atoms with Crippen LogP contribution in [0.1, 0.15) is 42.9 Å². The van der Waals surface area contributed by atoms with E-state index in [1.807, 2.05) is 6.92 Å². The Morgan fingerprint density at radius 3 is 2.85 bits per heavy atom. The molecule has 1 aromatic rings. The average molecular weight is 298 g/mol. The molecule has 1 atom stereocenters. The molecule has 0 amide bonds. The summed E-state index contributed by atoms with van der Waals surface area (Å²) in [7, 11) is -1.12. The molecule has 2 heterocycles. The topological polar surface area (TPSA) is 75.2 Å². The van der Waals surface area contributed by atoms with Crippen molar-refractivity contribution in [2.75, 3.05) is 19.3 Å². The zero-order chi connectivity index (χ0) is 14.8. The normalized spacial score (nSPS) is 20.4. The third-order valence-corrected chi connectivity index (χ3v) is 5.06. The molecule has 0 saturated carbocycles. The molecule has 1 unspecified atom stereocenters. The van der Waals surface area contributed by atoms with E-state index in [0.717, 1.165) is 36.5 Å². The molecule has 0 aliphatic carbocycles. The van der Waals surface area contributed by atoms with Crippen LogP contribution in [0.2, 0.25) is 0 Å². The van der Waals surface area contributed by atoms with Crippen molar-refractivity contribution in [3.63, 3.8) is 0 Å². The van der Waals surface area contributed by atoms with Crippen LogP contribution in [-0.2, 0) is 16.6 Å². The number of nitrogens with one attached hydrogen (secondary N) is 1. The third kappa shape index (κ3) is 3.53. The summed E-state index contributed by atoms with van der Waals surface area (Å²) >= 11 is 0. The lowest BCUT2D eigenvalue weighted by Crippen LogP contribution is -2.27. The molecule has 1 aromatic heterocycles. The van der Waals surface area contributed by atoms with E-state index in [9.17, 15) is 8.42 Å². The first-order valence-corrected chi connectivity index (χ1v) is 8.58. The van der Waals surface area contributed by atoms with E-state index in [4.69, 9.17) is 0 Å². The summed E-state index contributed by atoms with van der Waals surface area (Å²) in [6, 6.07) is 0.262. The van der Waals surface area contributed by atoms with Gasteiger partial charge in [0.25, 0.3) is 0 Å². The quantitative estimate of drug-likeness (QED) is 0.877. The van der Waals surface area contributed by atoms with E-state index in [1.165, 1.54) is 0 Å². The van der Waals surface area contributed by atoms with Crippen LogP contribution in [0.15, 0.2) is 6.20 Å². The Morgan fingerprint density at radius 1 is 1.50 bits per heavy atom. The summed E-state index contributed by atoms with van der Waals surface area (Å²) in [5, 5.41) is 0. The zero-order valence-corrected chi connectivity index (χ0v) is 13.1. The van der Waals surface area contributed by atoms with E-state index in [-0.39, 0.29) is 18.3 Å². The second kappa shape index (κ2) is 6.15. The SMILES string of the molecule is CCS(=O)(=O)NCc1cnc(C)nc1C1CCCN1C. The van der Waals surface area contributed by atoms with Gasteiger partial charge in [-0.25, -0.2) is 23.1 Å². The minimum Gasteiger partial charge on any atom is -0.298 e. The molecule has 20 heavy (non-hydrogen) atoms. The number of nitrogens with zero attached hydrogens (tertiary/aromatic N) is 3. The zero-order valence-electron chi connectivity index (χ0n) is 12.3. The average Bonchev–Trinajstić information content (AvgIpc) is 2.83. The molecular weight excluding hydrogens is 276 g/mol. The lowest BCUT2D eigenvalue weighted by molar-refractivity contribution is 0.309. The van der Waals surface area contributed by atoms with Crippen molar-refractivity contribution >= 4 is 10.0 Å². The van der Waals surface area contributed by atoms with Crippen molar-refractivity contribution in [3.8, 4) is 0 Å². The van der Waals surface area contributed by atoms with Crippen molar-refractivity contribution in [1.29, 1.82) is 0 Å². The number of hydrogen-bond donors (Lipinski definition) is 1. The molecule has 0 bridgehead atoms. The van der Waals surface area contributed by atoms with Crippen LogP contribution in [0.3, 0.4) is 0 Å². The molecule has 1 aliphatic heterocycles. The van der Waals surface area contributed by atoms with Crippen LogP contribution >= 0.6 is 0 Å². The van der Waals surface area contributed by atoms with Crippen LogP contribution in [-0.4, -0.2) is 42.6 Å². The minimum atomic E-state index is -3.20. The largest absolute Gasteiger partial charge is 0.298 e. The van der Waals surface area contributed by atoms with Crippen LogP contribution in [0, 0.1) is 6.92 Å². The Balaban J connectivity index is 2.24. The highest BCUT2D eigenvalue weighted by Crippen LogP contribution is 2.31. The molecule has 0 spiro atoms. The lowest BCUT2D eigenvalue weighted by atomic mass is 10.1. The van der Waals surface area contributed by atoms with Gasteiger partial charge in [-0.2, -0.15) is 0 Å². The summed E-state index contributed by atoms with van der Waals surface area (Å²) in [5.74, 6) is 0.806. The summed E-state index contributed by atoms with van der Waals surface area (Å²) in [4.78, 5) is 11.0. The van der Waals surface area contributed by atoms with E-state index in [1.54, 1.807) is 13.1 Å². The van der Waals surface area contributed by atoms with Gasteiger partial charge < -0.3 is 0 Å². The van der Waals surface area contributed by atoms with Crippen LogP contribution in [0.4, 0.5) is 0 Å². The Morgan fingerprint density at radius 2 is 2.25 bits per heavy atom. The fourth-order valence-corrected chi connectivity index (χ4v) is 3.06. The molecule has 1 aliphatic rings. The van der Waals surface area contributed by atoms with Crippen molar-refractivity contribution in [3.05, 3.63) is 23.3 Å². The van der Waals surface area contributed by atoms with Gasteiger partial charge >= 0.3 is 0 Å². The standard InChI is InChI=1S/C13H22N4O2S/c1-4-20(18,19)15-9-11-8-14-10(2)16-13(11)12-6-5-7-17(12)3/h8,12,15H,4-7,9H2,1-3H3. The highest BCUT2D eigenvalue weighted by atomic mass is 32.2. The van der Waals surface area contributed by atoms with Crippen LogP contribution in [0.5, 0.6) is 0 Å². The second-order valence-corrected chi connectivity index (χ2v) is 7.29. The molecule has 6 nitrogen and oxygen atoms in total. The third-order valence-electron chi connectivity index (χ3n) is 3.72. The van der Waals surface area contributed by atoms with Crippen molar-refractivity contribution in [2.45, 2.75) is 39.3 Å². The van der Waals surface area contributed by atoms with Crippen LogP contribution < -0.4 is 4.72 Å². The Labute approximate surface area is 120 Å². The molecule has 2 rings (SSSR count). The van der Waals surface area contributed by atoms with Crippen molar-refractivity contribution < 1.29 is 8.42 Å². The highest BCUT2D eigenvalue weighted by molar-refractivity contribution is 7.89. The van der Waals surface area contributed by atoms with Gasteiger partial charge in [0, 0.05) is 18.3 Å². The van der Waals surface area contributed by atoms with E-state index < -0.39 is 10.0 Å². The molecule has 1 N–H and O–H groups in total. The molecule has 1 saturated heterocycles. The summed E-state index contributed by atoms with van der Waals surface area (Å²) in [5.41, 5.74) is 1.82. The van der Waals surface area contributed by atoms with Gasteiger partial charge in [0.05, 0.1) is 17.5 Å². The van der Waals surface area contributed by atoms with Gasteiger partial charge in [-0.1, -0.05) is 0 Å². The van der Waals surface area contributed by atoms with E-state index >= 15 is 0 Å². The van der Waals surface area contributed by atoms with Crippen molar-refractivity contribution in [2.24, 2.45) is 0 Å². The van der Waals surface area contributed by atoms with Gasteiger partial charge in [-0.15, -0.1) is 0 Å². The Kier molecular flexibility index (Phi) is 4.72. The van der Waals surface area contributed by atoms with Gasteiger partial charge in [0.15, 0.2) is 0 Å². The Bertz CT molecular complexity index is 574. The lowest BCUT2D eigenvalue weighted by Gasteiger charge is -2.21. The number of aryl methyl sites for hydroxylation is 1. The van der Waals surface area contributed by atoms with Crippen LogP contribution in [0.25, 0.3) is 0 Å². The highest BCUT2D eigenvalue weighted by Gasteiger charge is 2.26. The summed E-state index contributed by atoms with van der Waals surface area (Å²) in [6.45, 7) is 4.79. The fourth-order valence-electron chi connectivity index (χ4n) is 2.48.